The number of Topliss-reactive ketones (excluding diaryl/α,β-unsaturated/α-hetero) is 3. The van der Waals surface area contributed by atoms with Crippen LogP contribution in [0.15, 0.2) is 139 Å². The van der Waals surface area contributed by atoms with Crippen molar-refractivity contribution in [2.45, 2.75) is 0 Å². The fourth-order valence-electron chi connectivity index (χ4n) is 8.04. The van der Waals surface area contributed by atoms with E-state index >= 15 is 0 Å². The number of carbonyl (C=O) groups is 3. The molecule has 9 aromatic rings. The average molecular weight is 601 g/mol. The highest BCUT2D eigenvalue weighted by atomic mass is 16.2. The van der Waals surface area contributed by atoms with E-state index in [1.807, 2.05) is 24.3 Å². The summed E-state index contributed by atoms with van der Waals surface area (Å²) in [5, 5.41) is 13.6. The molecule has 9 aromatic carbocycles. The molecule has 10 rings (SSSR count). The third-order valence-electron chi connectivity index (χ3n) is 10.1. The summed E-state index contributed by atoms with van der Waals surface area (Å²) in [6.07, 6.45) is 1.82. The molecule has 0 spiro atoms. The Bertz CT molecular complexity index is 2830. The molecule has 0 aromatic heterocycles. The zero-order chi connectivity index (χ0) is 31.4. The molecule has 0 bridgehead atoms. The number of allylic oxidation sites excluding steroid dienone is 1. The van der Waals surface area contributed by atoms with Crippen molar-refractivity contribution in [3.8, 4) is 0 Å². The van der Waals surface area contributed by atoms with E-state index in [4.69, 9.17) is 0 Å². The smallest absolute Gasteiger partial charge is 0.190 e. The van der Waals surface area contributed by atoms with Crippen molar-refractivity contribution in [3.63, 3.8) is 0 Å². The summed E-state index contributed by atoms with van der Waals surface area (Å²) in [7, 11) is 0. The SMILES string of the molecule is O=C(C1=Cc2c(cc3ccc4cc5c6ccccc6cc6ccc7cc2c3c4c7c65)C(=O)C1C(=O)c1ccccc1)c1ccccc1. The van der Waals surface area contributed by atoms with Crippen LogP contribution in [0.3, 0.4) is 0 Å². The maximum atomic E-state index is 14.6. The van der Waals surface area contributed by atoms with Gasteiger partial charge in [-0.05, 0) is 101 Å². The maximum Gasteiger partial charge on any atom is 0.190 e. The van der Waals surface area contributed by atoms with Gasteiger partial charge in [-0.25, -0.2) is 0 Å². The molecule has 3 heteroatoms. The number of ketones is 3. The third kappa shape index (κ3) is 3.54. The normalized spacial score (nSPS) is 14.9. The van der Waals surface area contributed by atoms with Crippen molar-refractivity contribution >= 4 is 88.1 Å². The Morgan fingerprint density at radius 2 is 1.02 bits per heavy atom. The molecule has 3 nitrogen and oxygen atoms in total. The van der Waals surface area contributed by atoms with Gasteiger partial charge in [-0.2, -0.15) is 0 Å². The Hall–Kier alpha value is -6.19. The first-order chi connectivity index (χ1) is 23.1. The number of hydrogen-bond acceptors (Lipinski definition) is 3. The summed E-state index contributed by atoms with van der Waals surface area (Å²) in [5.74, 6) is -2.26. The van der Waals surface area contributed by atoms with Crippen molar-refractivity contribution in [3.05, 3.63) is 161 Å². The van der Waals surface area contributed by atoms with Crippen molar-refractivity contribution in [2.75, 3.05) is 0 Å². The van der Waals surface area contributed by atoms with Gasteiger partial charge in [-0.1, -0.05) is 109 Å². The lowest BCUT2D eigenvalue weighted by molar-refractivity contribution is 0.0809. The molecule has 218 valence electrons. The monoisotopic (exact) mass is 600 g/mol. The zero-order valence-corrected chi connectivity index (χ0v) is 25.1. The molecule has 0 heterocycles. The Labute approximate surface area is 269 Å². The predicted octanol–water partition coefficient (Wildman–Crippen LogP) is 10.4. The van der Waals surface area contributed by atoms with Crippen LogP contribution in [0.25, 0.3) is 70.7 Å². The van der Waals surface area contributed by atoms with Crippen molar-refractivity contribution in [1.82, 2.24) is 0 Å². The largest absolute Gasteiger partial charge is 0.293 e. The molecular weight excluding hydrogens is 576 g/mol. The number of carbonyl (C=O) groups excluding carboxylic acids is 3. The molecule has 47 heavy (non-hydrogen) atoms. The maximum absolute atomic E-state index is 14.6. The summed E-state index contributed by atoms with van der Waals surface area (Å²) >= 11 is 0. The Morgan fingerprint density at radius 3 is 1.72 bits per heavy atom. The Kier molecular flexibility index (Phi) is 5.22. The Morgan fingerprint density at radius 1 is 0.468 bits per heavy atom. The topological polar surface area (TPSA) is 51.2 Å². The number of rotatable bonds is 4. The minimum Gasteiger partial charge on any atom is -0.293 e. The van der Waals surface area contributed by atoms with Gasteiger partial charge in [-0.15, -0.1) is 0 Å². The van der Waals surface area contributed by atoms with Crippen molar-refractivity contribution < 1.29 is 14.4 Å². The van der Waals surface area contributed by atoms with Gasteiger partial charge >= 0.3 is 0 Å². The molecule has 0 N–H and O–H groups in total. The van der Waals surface area contributed by atoms with Crippen LogP contribution >= 0.6 is 0 Å². The molecule has 0 amide bonds. The average Bonchev–Trinajstić information content (AvgIpc) is 3.12. The van der Waals surface area contributed by atoms with Crippen LogP contribution in [-0.4, -0.2) is 17.3 Å². The summed E-state index contributed by atoms with van der Waals surface area (Å²) < 4.78 is 0. The molecule has 0 saturated heterocycles. The van der Waals surface area contributed by atoms with Gasteiger partial charge in [0.15, 0.2) is 17.3 Å². The molecule has 0 aliphatic heterocycles. The first kappa shape index (κ1) is 26.1. The fraction of sp³-hybridized carbons (Fsp3) is 0.0227. The van der Waals surface area contributed by atoms with E-state index in [0.29, 0.717) is 22.3 Å². The predicted molar refractivity (Wildman–Crippen MR) is 191 cm³/mol. The second kappa shape index (κ2) is 9.41. The van der Waals surface area contributed by atoms with E-state index in [9.17, 15) is 14.4 Å². The van der Waals surface area contributed by atoms with Crippen LogP contribution in [0.5, 0.6) is 0 Å². The molecule has 0 saturated carbocycles. The summed E-state index contributed by atoms with van der Waals surface area (Å²) in [6, 6.07) is 43.5. The van der Waals surface area contributed by atoms with Crippen LogP contribution in [0.1, 0.15) is 36.6 Å². The molecule has 1 atom stereocenters. The fourth-order valence-corrected chi connectivity index (χ4v) is 8.04. The van der Waals surface area contributed by atoms with Crippen LogP contribution in [0, 0.1) is 5.92 Å². The standard InChI is InChI=1S/C44H24O3/c45-42(24-9-3-1-4-10-24)36-23-32-34-21-30-17-15-27-19-26-13-7-8-14-31(26)33-20-29-18-16-28(38(34)40(29)39(30)37(27)33)22-35(32)44(47)41(36)43(46)25-11-5-2-6-12-25/h1-23,41H. The molecule has 0 fully saturated rings. The summed E-state index contributed by atoms with van der Waals surface area (Å²) in [6.45, 7) is 0. The van der Waals surface area contributed by atoms with Gasteiger partial charge in [0.1, 0.15) is 5.92 Å². The van der Waals surface area contributed by atoms with Gasteiger partial charge in [-0.3, -0.25) is 14.4 Å². The first-order valence-electron chi connectivity index (χ1n) is 15.8. The van der Waals surface area contributed by atoms with Gasteiger partial charge in [0.2, 0.25) is 0 Å². The number of fused-ring (bicyclic) bond motifs is 4. The van der Waals surface area contributed by atoms with E-state index in [0.717, 1.165) is 32.3 Å². The second-order valence-corrected chi connectivity index (χ2v) is 12.6. The lowest BCUT2D eigenvalue weighted by Crippen LogP contribution is -2.32. The zero-order valence-electron chi connectivity index (χ0n) is 25.1. The highest BCUT2D eigenvalue weighted by molar-refractivity contribution is 6.40. The van der Waals surface area contributed by atoms with Crippen molar-refractivity contribution in [2.24, 2.45) is 5.92 Å². The highest BCUT2D eigenvalue weighted by Crippen LogP contribution is 2.48. The molecule has 1 unspecified atom stereocenters. The van der Waals surface area contributed by atoms with Crippen LogP contribution in [0.4, 0.5) is 0 Å². The van der Waals surface area contributed by atoms with E-state index in [-0.39, 0.29) is 22.9 Å². The minimum absolute atomic E-state index is 0.209. The minimum atomic E-state index is -1.23. The van der Waals surface area contributed by atoms with Crippen LogP contribution in [0.2, 0.25) is 0 Å². The third-order valence-corrected chi connectivity index (χ3v) is 10.1. The van der Waals surface area contributed by atoms with E-state index in [1.54, 1.807) is 48.5 Å². The molecule has 1 aliphatic carbocycles. The second-order valence-electron chi connectivity index (χ2n) is 12.6. The molecule has 0 radical (unpaired) electrons. The van der Waals surface area contributed by atoms with Crippen LogP contribution < -0.4 is 0 Å². The van der Waals surface area contributed by atoms with E-state index in [2.05, 4.69) is 66.7 Å². The van der Waals surface area contributed by atoms with Gasteiger partial charge in [0.05, 0.1) is 0 Å². The first-order valence-corrected chi connectivity index (χ1v) is 15.8. The quantitative estimate of drug-likeness (QED) is 0.0874. The Balaban J connectivity index is 1.31. The highest BCUT2D eigenvalue weighted by Gasteiger charge is 2.40. The lowest BCUT2D eigenvalue weighted by atomic mass is 9.73. The van der Waals surface area contributed by atoms with Crippen LogP contribution in [-0.2, 0) is 0 Å². The molecular formula is C44H24O3. The van der Waals surface area contributed by atoms with Crippen molar-refractivity contribution in [1.29, 1.82) is 0 Å². The molecule has 1 aliphatic rings. The van der Waals surface area contributed by atoms with E-state index in [1.165, 1.54) is 32.3 Å². The lowest BCUT2D eigenvalue weighted by Gasteiger charge is -2.26. The summed E-state index contributed by atoms with van der Waals surface area (Å²) in [4.78, 5) is 42.8. The van der Waals surface area contributed by atoms with Gasteiger partial charge < -0.3 is 0 Å². The van der Waals surface area contributed by atoms with Gasteiger partial charge in [0.25, 0.3) is 0 Å². The number of hydrogen-bond donors (Lipinski definition) is 0. The number of benzene rings is 9. The van der Waals surface area contributed by atoms with Gasteiger partial charge in [0, 0.05) is 22.3 Å². The van der Waals surface area contributed by atoms with E-state index < -0.39 is 5.92 Å². The summed E-state index contributed by atoms with van der Waals surface area (Å²) in [5.41, 5.74) is 2.23.